The van der Waals surface area contributed by atoms with Crippen LogP contribution in [0.3, 0.4) is 0 Å². The molecular weight excluding hydrogens is 1220 g/mol. The van der Waals surface area contributed by atoms with Gasteiger partial charge in [-0.3, -0.25) is 24.0 Å². The first kappa shape index (κ1) is 83.9. The van der Waals surface area contributed by atoms with Gasteiger partial charge in [0.25, 0.3) is 0 Å². The Kier molecular flexibility index (Phi) is 45.7. The molecule has 22 nitrogen and oxygen atoms in total. The number of hydrogen-bond acceptors (Lipinski definition) is 17. The summed E-state index contributed by atoms with van der Waals surface area (Å²) in [6.07, 6.45) is 18.8. The molecule has 1 unspecified atom stereocenters. The summed E-state index contributed by atoms with van der Waals surface area (Å²) >= 11 is 0. The number of carboxylic acid groups (broad SMARTS) is 2. The number of nitrogens with zero attached hydrogens (tertiary/aromatic N) is 8. The first-order chi connectivity index (χ1) is 46.4. The lowest BCUT2D eigenvalue weighted by molar-refractivity contribution is -0.150. The van der Waals surface area contributed by atoms with E-state index in [-0.39, 0.29) is 35.7 Å². The molecule has 0 aliphatic carbocycles. The van der Waals surface area contributed by atoms with Gasteiger partial charge in [0.05, 0.1) is 66.0 Å². The third-order valence-corrected chi connectivity index (χ3v) is 13.0. The van der Waals surface area contributed by atoms with Crippen LogP contribution in [0.15, 0.2) is 170 Å². The molecule has 9 rings (SSSR count). The van der Waals surface area contributed by atoms with E-state index in [9.17, 15) is 24.0 Å². The fraction of sp³-hybridized carbons (Fsp3) is 0.392. The topological polar surface area (TPSA) is 306 Å². The number of nitrogens with one attached hydrogen (secondary N) is 1. The number of benzene rings is 5. The van der Waals surface area contributed by atoms with E-state index in [2.05, 4.69) is 47.9 Å². The highest BCUT2D eigenvalue weighted by Gasteiger charge is 2.20. The quantitative estimate of drug-likeness (QED) is 0.0226. The molecule has 0 saturated carbocycles. The summed E-state index contributed by atoms with van der Waals surface area (Å²) in [5.41, 5.74) is 7.54. The fourth-order valence-electron chi connectivity index (χ4n) is 7.78. The van der Waals surface area contributed by atoms with Crippen LogP contribution in [0.4, 0.5) is 0 Å². The summed E-state index contributed by atoms with van der Waals surface area (Å²) in [7, 11) is 1.00. The van der Waals surface area contributed by atoms with E-state index in [0.29, 0.717) is 70.7 Å². The van der Waals surface area contributed by atoms with Crippen LogP contribution in [0.25, 0.3) is 0 Å². The van der Waals surface area contributed by atoms with Gasteiger partial charge in [-0.05, 0) is 34.2 Å². The van der Waals surface area contributed by atoms with Crippen LogP contribution in [-0.4, -0.2) is 116 Å². The highest BCUT2D eigenvalue weighted by Crippen LogP contribution is 2.14. The third-order valence-electron chi connectivity index (χ3n) is 13.0. The number of rotatable bonds is 23. The number of aliphatic hydroxyl groups is 2. The van der Waals surface area contributed by atoms with Crippen LogP contribution in [0, 0.1) is 54.3 Å². The zero-order chi connectivity index (χ0) is 71.3. The molecule has 0 bridgehead atoms. The van der Waals surface area contributed by atoms with Crippen molar-refractivity contribution in [2.24, 2.45) is 29.6 Å². The first-order valence-corrected chi connectivity index (χ1v) is 31.8. The molecule has 8 aromatic rings. The summed E-state index contributed by atoms with van der Waals surface area (Å²) in [4.78, 5) is 56.0. The van der Waals surface area contributed by atoms with Crippen molar-refractivity contribution in [1.82, 2.24) is 45.4 Å². The van der Waals surface area contributed by atoms with Gasteiger partial charge in [-0.15, -0.1) is 34.9 Å². The Morgan fingerprint density at radius 2 is 0.854 bits per heavy atom. The molecule has 0 radical (unpaired) electrons. The lowest BCUT2D eigenvalue weighted by atomic mass is 10.1. The minimum Gasteiger partial charge on any atom is -0.481 e. The summed E-state index contributed by atoms with van der Waals surface area (Å²) < 4.78 is 24.1. The number of carbonyl (C=O) groups is 5. The van der Waals surface area contributed by atoms with Crippen LogP contribution < -0.4 is 0 Å². The largest absolute Gasteiger partial charge is 0.481 e. The number of carboxylic acids is 2. The zero-order valence-corrected chi connectivity index (χ0v) is 57.0. The van der Waals surface area contributed by atoms with Crippen LogP contribution in [0.5, 0.6) is 0 Å². The number of aliphatic carboxylic acids is 2. The van der Waals surface area contributed by atoms with Crippen molar-refractivity contribution in [3.8, 4) is 24.7 Å². The van der Waals surface area contributed by atoms with E-state index in [4.69, 9.17) is 52.2 Å². The van der Waals surface area contributed by atoms with Crippen molar-refractivity contribution in [2.75, 3.05) is 13.7 Å². The fourth-order valence-corrected chi connectivity index (χ4v) is 7.78. The Bertz CT molecular complexity index is 3230. The Morgan fingerprint density at radius 3 is 1.14 bits per heavy atom. The number of aromatic amines is 1. The van der Waals surface area contributed by atoms with Crippen LogP contribution in [0.1, 0.15) is 133 Å². The first-order valence-electron chi connectivity index (χ1n) is 31.8. The molecule has 1 aliphatic heterocycles. The number of aliphatic hydroxyl groups excluding tert-OH is 2. The molecule has 6 atom stereocenters. The van der Waals surface area contributed by atoms with Gasteiger partial charge in [-0.2, -0.15) is 15.4 Å². The van der Waals surface area contributed by atoms with E-state index in [1.165, 1.54) is 6.20 Å². The maximum atomic E-state index is 12.1. The van der Waals surface area contributed by atoms with Crippen molar-refractivity contribution in [1.29, 1.82) is 0 Å². The number of terminal acetylenes is 2. The van der Waals surface area contributed by atoms with E-state index in [0.717, 1.165) is 65.8 Å². The number of hydrogen-bond donors (Lipinski definition) is 5. The molecule has 0 spiro atoms. The molecule has 96 heavy (non-hydrogen) atoms. The molecule has 5 N–H and O–H groups in total. The molecule has 516 valence electrons. The van der Waals surface area contributed by atoms with Crippen molar-refractivity contribution >= 4 is 29.8 Å². The van der Waals surface area contributed by atoms with Crippen molar-refractivity contribution in [3.05, 3.63) is 215 Å². The van der Waals surface area contributed by atoms with Crippen LogP contribution >= 0.6 is 0 Å². The molecule has 1 saturated heterocycles. The Hall–Kier alpha value is -10.1. The van der Waals surface area contributed by atoms with Gasteiger partial charge in [0.1, 0.15) is 19.8 Å². The second kappa shape index (κ2) is 52.3. The number of H-pyrrole nitrogens is 1. The summed E-state index contributed by atoms with van der Waals surface area (Å²) in [5, 5.41) is 58.6. The second-order valence-corrected chi connectivity index (χ2v) is 21.1. The maximum absolute atomic E-state index is 12.1. The average molecular weight is 1320 g/mol. The number of esters is 3. The monoisotopic (exact) mass is 1320 g/mol. The van der Waals surface area contributed by atoms with E-state index >= 15 is 0 Å². The highest BCUT2D eigenvalue weighted by atomic mass is 16.6. The predicted octanol–water partition coefficient (Wildman–Crippen LogP) is 11.5. The normalized spacial score (nSPS) is 12.8. The number of aromatic nitrogens is 9. The average Bonchev–Trinajstić information content (AvgIpc) is 2.02. The summed E-state index contributed by atoms with van der Waals surface area (Å²) in [6.45, 7) is 19.7. The summed E-state index contributed by atoms with van der Waals surface area (Å²) in [6, 6.07) is 49.1. The van der Waals surface area contributed by atoms with E-state index in [1.807, 2.05) is 206 Å². The maximum Gasteiger partial charge on any atom is 0.309 e. The highest BCUT2D eigenvalue weighted by molar-refractivity contribution is 5.73. The molecule has 4 heterocycles. The van der Waals surface area contributed by atoms with Crippen LogP contribution in [-0.2, 0) is 95.1 Å². The Balaban J connectivity index is 0.000000602. The molecule has 1 fully saturated rings. The zero-order valence-electron chi connectivity index (χ0n) is 57.0. The Labute approximate surface area is 565 Å². The molecular formula is C74H97N9O13. The van der Waals surface area contributed by atoms with Gasteiger partial charge >= 0.3 is 29.8 Å². The molecule has 22 heteroatoms. The van der Waals surface area contributed by atoms with Gasteiger partial charge in [0.2, 0.25) is 0 Å². The van der Waals surface area contributed by atoms with Crippen molar-refractivity contribution < 1.29 is 63.3 Å². The smallest absolute Gasteiger partial charge is 0.309 e. The second-order valence-electron chi connectivity index (χ2n) is 21.1. The van der Waals surface area contributed by atoms with Crippen molar-refractivity contribution in [2.45, 2.75) is 146 Å². The SMILES string of the molecule is C#CC[C@H](C)C(=O)O.C#CC[C@H](C)C(=O)OCc1ccccc1.CC.CC.CO.C[C@@H](Cc1cn(Cc2ccccc2)nn1)C(=O)OCc1ccccc1.C[C@@H](Cc1cn(Cc2ccccc2)nn1)C(=O)OCc1ccccc1.C[C@@H](Cc1cn[nH]n1)C(=O)O.OC1CCCO1. The molecule has 0 amide bonds. The minimum absolute atomic E-state index is 0.221. The van der Waals surface area contributed by atoms with E-state index < -0.39 is 30.1 Å². The lowest BCUT2D eigenvalue weighted by Gasteiger charge is -2.10. The van der Waals surface area contributed by atoms with Gasteiger partial charge in [-0.25, -0.2) is 9.36 Å². The lowest BCUT2D eigenvalue weighted by Crippen LogP contribution is -2.17. The van der Waals surface area contributed by atoms with Gasteiger partial charge < -0.3 is 39.4 Å². The Morgan fingerprint density at radius 1 is 0.521 bits per heavy atom. The molecule has 5 aromatic carbocycles. The van der Waals surface area contributed by atoms with Crippen LogP contribution in [0.2, 0.25) is 0 Å². The number of carbonyl (C=O) groups excluding carboxylic acids is 3. The van der Waals surface area contributed by atoms with Gasteiger partial charge in [0.15, 0.2) is 6.29 Å². The van der Waals surface area contributed by atoms with Gasteiger partial charge in [-0.1, -0.05) is 224 Å². The van der Waals surface area contributed by atoms with E-state index in [1.54, 1.807) is 30.1 Å². The molecule has 3 aromatic heterocycles. The van der Waals surface area contributed by atoms with Gasteiger partial charge in [0, 0.05) is 64.6 Å². The summed E-state index contributed by atoms with van der Waals surface area (Å²) in [5.74, 6) is 0.844. The predicted molar refractivity (Wildman–Crippen MR) is 367 cm³/mol. The third kappa shape index (κ3) is 38.2. The van der Waals surface area contributed by atoms with Crippen molar-refractivity contribution in [3.63, 3.8) is 0 Å². The standard InChI is InChI=1S/2C20H21N3O2.C13H14O2.C6H9N3O2.C6H8O2.C4H8O2.2C2H6.CH4O/c2*1-16(20(24)25-15-18-10-6-3-7-11-18)12-19-14-23(22-21-19)13-17-8-4-2-5-9-17;1-3-7-11(2)13(14)15-10-12-8-5-4-6-9-12;1-4(6(10)11)2-5-3-7-9-8-5;1-3-4-5(2)6(7)8;5-4-2-1-3-6-4;3*1-2/h2*2-11,14,16H,12-13,15H2,1H3;1,4-6,8-9,11H,7,10H2,2H3;3-4H,2H2,1H3,(H,10,11)(H,7,8,9);1,5H,4H2,2H3,(H,7,8);4-5H,1-3H2;2*1-2H3;2H,1H3/t2*16-;11-;4-;5-;;;;/m00000..../s1. The number of ether oxygens (including phenoxy) is 4. The molecule has 1 aliphatic rings. The minimum atomic E-state index is -0.831.